The van der Waals surface area contributed by atoms with E-state index in [0.29, 0.717) is 0 Å². The second-order valence-electron chi connectivity index (χ2n) is 5.23. The van der Waals surface area contributed by atoms with Crippen molar-refractivity contribution in [2.45, 2.75) is 32.7 Å². The fourth-order valence-electron chi connectivity index (χ4n) is 1.86. The van der Waals surface area contributed by atoms with Gasteiger partial charge < -0.3 is 10.3 Å². The first-order valence-corrected chi connectivity index (χ1v) is 5.88. The number of nitrogens with zero attached hydrogens (tertiary/aromatic N) is 1. The van der Waals surface area contributed by atoms with E-state index < -0.39 is 0 Å². The fraction of sp³-hybridized carbons (Fsp3) is 0.357. The molecule has 0 saturated carbocycles. The number of benzene rings is 1. The van der Waals surface area contributed by atoms with Gasteiger partial charge in [-0.15, -0.1) is 0 Å². The predicted octanol–water partition coefficient (Wildman–Crippen LogP) is 3.32. The van der Waals surface area contributed by atoms with E-state index in [9.17, 15) is 0 Å². The van der Waals surface area contributed by atoms with Crippen molar-refractivity contribution in [2.24, 2.45) is 0 Å². The van der Waals surface area contributed by atoms with Crippen molar-refractivity contribution in [3.63, 3.8) is 0 Å². The molecular weight excluding hydrogens is 210 g/mol. The number of para-hydroxylation sites is 1. The lowest BCUT2D eigenvalue weighted by atomic mass is 9.86. The van der Waals surface area contributed by atoms with Gasteiger partial charge in [0.05, 0.1) is 18.6 Å². The first-order valence-electron chi connectivity index (χ1n) is 5.88. The molecule has 0 aliphatic heterocycles. The van der Waals surface area contributed by atoms with Crippen LogP contribution in [0.1, 0.15) is 32.0 Å². The van der Waals surface area contributed by atoms with Crippen LogP contribution in [-0.4, -0.2) is 9.97 Å². The molecule has 0 saturated heterocycles. The highest BCUT2D eigenvalue weighted by atomic mass is 14.9. The zero-order valence-corrected chi connectivity index (χ0v) is 10.6. The number of H-pyrrole nitrogens is 1. The SMILES string of the molecule is CC(C)(C)c1ccccc1NCc1cnc[nH]1. The second kappa shape index (κ2) is 4.62. The molecule has 0 fully saturated rings. The van der Waals surface area contributed by atoms with Crippen LogP contribution in [0, 0.1) is 0 Å². The van der Waals surface area contributed by atoms with Crippen molar-refractivity contribution in [2.75, 3.05) is 5.32 Å². The van der Waals surface area contributed by atoms with Crippen molar-refractivity contribution < 1.29 is 0 Å². The number of imidazole rings is 1. The summed E-state index contributed by atoms with van der Waals surface area (Å²) in [5.41, 5.74) is 3.76. The summed E-state index contributed by atoms with van der Waals surface area (Å²) in [6, 6.07) is 8.44. The molecule has 0 amide bonds. The minimum Gasteiger partial charge on any atom is -0.379 e. The Kier molecular flexibility index (Phi) is 3.18. The fourth-order valence-corrected chi connectivity index (χ4v) is 1.86. The van der Waals surface area contributed by atoms with Crippen LogP contribution in [0.4, 0.5) is 5.69 Å². The maximum atomic E-state index is 4.01. The molecule has 0 aliphatic rings. The number of aromatic amines is 1. The largest absolute Gasteiger partial charge is 0.379 e. The predicted molar refractivity (Wildman–Crippen MR) is 71.1 cm³/mol. The van der Waals surface area contributed by atoms with Crippen LogP contribution in [0.5, 0.6) is 0 Å². The smallest absolute Gasteiger partial charge is 0.0922 e. The molecule has 0 bridgehead atoms. The summed E-state index contributed by atoms with van der Waals surface area (Å²) >= 11 is 0. The standard InChI is InChI=1S/C14H19N3/c1-14(2,3)12-6-4-5-7-13(12)16-9-11-8-15-10-17-11/h4-8,10,16H,9H2,1-3H3,(H,15,17). The lowest BCUT2D eigenvalue weighted by molar-refractivity contribution is 0.591. The quantitative estimate of drug-likeness (QED) is 0.847. The summed E-state index contributed by atoms with van der Waals surface area (Å²) in [4.78, 5) is 7.10. The molecule has 2 rings (SSSR count). The Bertz CT molecular complexity index is 466. The van der Waals surface area contributed by atoms with Crippen molar-refractivity contribution in [3.05, 3.63) is 48.0 Å². The molecule has 90 valence electrons. The van der Waals surface area contributed by atoms with Crippen LogP contribution < -0.4 is 5.32 Å². The van der Waals surface area contributed by atoms with Gasteiger partial charge in [0.15, 0.2) is 0 Å². The first kappa shape index (κ1) is 11.7. The Hall–Kier alpha value is -1.77. The third kappa shape index (κ3) is 2.87. The van der Waals surface area contributed by atoms with Crippen LogP contribution in [-0.2, 0) is 12.0 Å². The summed E-state index contributed by atoms with van der Waals surface area (Å²) in [6.45, 7) is 7.45. The van der Waals surface area contributed by atoms with Gasteiger partial charge in [0.1, 0.15) is 0 Å². The number of anilines is 1. The molecule has 1 aromatic carbocycles. The highest BCUT2D eigenvalue weighted by Crippen LogP contribution is 2.29. The first-order chi connectivity index (χ1) is 8.07. The molecule has 0 spiro atoms. The molecular formula is C14H19N3. The molecule has 1 aromatic heterocycles. The van der Waals surface area contributed by atoms with Gasteiger partial charge in [-0.2, -0.15) is 0 Å². The van der Waals surface area contributed by atoms with Gasteiger partial charge in [-0.25, -0.2) is 4.98 Å². The Morgan fingerprint density at radius 2 is 2.00 bits per heavy atom. The number of nitrogens with one attached hydrogen (secondary N) is 2. The highest BCUT2D eigenvalue weighted by molar-refractivity contribution is 5.54. The third-order valence-corrected chi connectivity index (χ3v) is 2.76. The van der Waals surface area contributed by atoms with Crippen LogP contribution in [0.3, 0.4) is 0 Å². The zero-order valence-electron chi connectivity index (χ0n) is 10.6. The van der Waals surface area contributed by atoms with E-state index in [1.54, 1.807) is 6.33 Å². The van der Waals surface area contributed by atoms with Crippen molar-refractivity contribution in [1.29, 1.82) is 0 Å². The van der Waals surface area contributed by atoms with Crippen molar-refractivity contribution in [3.8, 4) is 0 Å². The number of hydrogen-bond acceptors (Lipinski definition) is 2. The Balaban J connectivity index is 2.16. The summed E-state index contributed by atoms with van der Waals surface area (Å²) in [5, 5.41) is 3.45. The van der Waals surface area contributed by atoms with E-state index in [4.69, 9.17) is 0 Å². The average molecular weight is 229 g/mol. The zero-order chi connectivity index (χ0) is 12.3. The van der Waals surface area contributed by atoms with Gasteiger partial charge in [-0.1, -0.05) is 39.0 Å². The second-order valence-corrected chi connectivity index (χ2v) is 5.23. The molecule has 0 atom stereocenters. The van der Waals surface area contributed by atoms with Gasteiger partial charge >= 0.3 is 0 Å². The van der Waals surface area contributed by atoms with Crippen molar-refractivity contribution in [1.82, 2.24) is 9.97 Å². The van der Waals surface area contributed by atoms with Crippen LogP contribution >= 0.6 is 0 Å². The molecule has 3 heteroatoms. The summed E-state index contributed by atoms with van der Waals surface area (Å²) in [7, 11) is 0. The maximum absolute atomic E-state index is 4.01. The van der Waals surface area contributed by atoms with Gasteiger partial charge in [0.25, 0.3) is 0 Å². The van der Waals surface area contributed by atoms with E-state index in [1.807, 2.05) is 6.20 Å². The maximum Gasteiger partial charge on any atom is 0.0922 e. The average Bonchev–Trinajstić information content (AvgIpc) is 2.78. The molecule has 17 heavy (non-hydrogen) atoms. The summed E-state index contributed by atoms with van der Waals surface area (Å²) < 4.78 is 0. The number of rotatable bonds is 3. The van der Waals surface area contributed by atoms with E-state index >= 15 is 0 Å². The molecule has 2 N–H and O–H groups in total. The lowest BCUT2D eigenvalue weighted by Gasteiger charge is -2.23. The van der Waals surface area contributed by atoms with Gasteiger partial charge in [-0.3, -0.25) is 0 Å². The molecule has 2 aromatic rings. The van der Waals surface area contributed by atoms with Gasteiger partial charge in [-0.05, 0) is 17.0 Å². The van der Waals surface area contributed by atoms with Crippen molar-refractivity contribution >= 4 is 5.69 Å². The van der Waals surface area contributed by atoms with E-state index in [-0.39, 0.29) is 5.41 Å². The highest BCUT2D eigenvalue weighted by Gasteiger charge is 2.16. The van der Waals surface area contributed by atoms with Crippen LogP contribution in [0.25, 0.3) is 0 Å². The lowest BCUT2D eigenvalue weighted by Crippen LogP contribution is -2.14. The number of hydrogen-bond donors (Lipinski definition) is 2. The Morgan fingerprint density at radius 3 is 2.65 bits per heavy atom. The minimum absolute atomic E-state index is 0.150. The van der Waals surface area contributed by atoms with Crippen LogP contribution in [0.2, 0.25) is 0 Å². The van der Waals surface area contributed by atoms with E-state index in [2.05, 4.69) is 60.3 Å². The summed E-state index contributed by atoms with van der Waals surface area (Å²) in [5.74, 6) is 0. The van der Waals surface area contributed by atoms with E-state index in [1.165, 1.54) is 11.3 Å². The molecule has 0 radical (unpaired) electrons. The molecule has 0 unspecified atom stereocenters. The minimum atomic E-state index is 0.150. The normalized spacial score (nSPS) is 11.5. The van der Waals surface area contributed by atoms with Gasteiger partial charge in [0.2, 0.25) is 0 Å². The third-order valence-electron chi connectivity index (χ3n) is 2.76. The Morgan fingerprint density at radius 1 is 1.24 bits per heavy atom. The summed E-state index contributed by atoms with van der Waals surface area (Å²) in [6.07, 6.45) is 3.54. The molecule has 0 aliphatic carbocycles. The van der Waals surface area contributed by atoms with Crippen LogP contribution in [0.15, 0.2) is 36.8 Å². The monoisotopic (exact) mass is 229 g/mol. The molecule has 3 nitrogen and oxygen atoms in total. The number of aromatic nitrogens is 2. The Labute approximate surface area is 102 Å². The van der Waals surface area contributed by atoms with Gasteiger partial charge in [0, 0.05) is 11.9 Å². The molecule has 1 heterocycles. The topological polar surface area (TPSA) is 40.7 Å². The van der Waals surface area contributed by atoms with E-state index in [0.717, 1.165) is 12.2 Å².